The third-order valence-electron chi connectivity index (χ3n) is 2.78. The first-order chi connectivity index (χ1) is 6.79. The zero-order valence-electron chi connectivity index (χ0n) is 9.17. The average molecular weight is 221 g/mol. The van der Waals surface area contributed by atoms with Crippen molar-refractivity contribution in [2.45, 2.75) is 56.6 Å². The maximum atomic E-state index is 5.97. The smallest absolute Gasteiger partial charge is 0.0997 e. The number of rotatable bonds is 7. The summed E-state index contributed by atoms with van der Waals surface area (Å²) in [6.07, 6.45) is 6.30. The summed E-state index contributed by atoms with van der Waals surface area (Å²) in [4.78, 5) is 0. The molecule has 2 nitrogen and oxygen atoms in total. The largest absolute Gasteiger partial charge is 0.377 e. The van der Waals surface area contributed by atoms with Gasteiger partial charge in [0.25, 0.3) is 0 Å². The Morgan fingerprint density at radius 1 is 1.29 bits per heavy atom. The van der Waals surface area contributed by atoms with E-state index in [9.17, 15) is 0 Å². The number of ether oxygens (including phenoxy) is 2. The van der Waals surface area contributed by atoms with E-state index in [0.717, 1.165) is 19.4 Å². The highest BCUT2D eigenvalue weighted by Crippen LogP contribution is 2.31. The molecule has 0 aromatic carbocycles. The normalized spacial score (nSPS) is 31.5. The predicted octanol–water partition coefficient (Wildman–Crippen LogP) is 2.98. The van der Waals surface area contributed by atoms with E-state index in [0.29, 0.717) is 0 Å². The predicted molar refractivity (Wildman–Crippen MR) is 58.9 cm³/mol. The molecule has 14 heavy (non-hydrogen) atoms. The van der Waals surface area contributed by atoms with Gasteiger partial charge < -0.3 is 9.47 Å². The molecular formula is C11H21ClO2. The van der Waals surface area contributed by atoms with E-state index in [2.05, 4.69) is 6.92 Å². The molecule has 1 saturated carbocycles. The van der Waals surface area contributed by atoms with Gasteiger partial charge in [-0.25, -0.2) is 0 Å². The topological polar surface area (TPSA) is 18.5 Å². The number of hydrogen-bond acceptors (Lipinski definition) is 2. The molecule has 0 aliphatic heterocycles. The van der Waals surface area contributed by atoms with Crippen molar-refractivity contribution in [1.82, 2.24) is 0 Å². The molecule has 0 spiro atoms. The van der Waals surface area contributed by atoms with Crippen molar-refractivity contribution in [3.63, 3.8) is 0 Å². The minimum atomic E-state index is 0.114. The summed E-state index contributed by atoms with van der Waals surface area (Å²) in [5, 5.41) is 0.153. The molecule has 0 aromatic heterocycles. The van der Waals surface area contributed by atoms with Crippen LogP contribution < -0.4 is 0 Å². The molecule has 84 valence electrons. The highest BCUT2D eigenvalue weighted by atomic mass is 35.5. The summed E-state index contributed by atoms with van der Waals surface area (Å²) < 4.78 is 10.9. The van der Waals surface area contributed by atoms with E-state index in [-0.39, 0.29) is 17.6 Å². The second-order valence-electron chi connectivity index (χ2n) is 3.92. The molecule has 3 heteroatoms. The van der Waals surface area contributed by atoms with Crippen molar-refractivity contribution in [3.8, 4) is 0 Å². The van der Waals surface area contributed by atoms with Crippen LogP contribution in [0.5, 0.6) is 0 Å². The van der Waals surface area contributed by atoms with Gasteiger partial charge in [0.2, 0.25) is 0 Å². The zero-order valence-corrected chi connectivity index (χ0v) is 9.93. The Balaban J connectivity index is 1.97. The van der Waals surface area contributed by atoms with Gasteiger partial charge in [-0.05, 0) is 12.8 Å². The van der Waals surface area contributed by atoms with Gasteiger partial charge in [-0.2, -0.15) is 0 Å². The second-order valence-corrected chi connectivity index (χ2v) is 4.48. The van der Waals surface area contributed by atoms with Gasteiger partial charge >= 0.3 is 0 Å². The molecule has 3 unspecified atom stereocenters. The van der Waals surface area contributed by atoms with E-state index in [1.165, 1.54) is 19.3 Å². The highest BCUT2D eigenvalue weighted by molar-refractivity contribution is 6.21. The first kappa shape index (κ1) is 12.3. The Bertz CT molecular complexity index is 152. The maximum Gasteiger partial charge on any atom is 0.0997 e. The van der Waals surface area contributed by atoms with Crippen LogP contribution in [0.2, 0.25) is 0 Å². The molecule has 0 amide bonds. The standard InChI is InChI=1S/C11H21ClO2/c1-3-4-5-6-7-14-10-8-9(12)11(10)13-2/h9-11H,3-8H2,1-2H3. The summed E-state index contributed by atoms with van der Waals surface area (Å²) in [7, 11) is 1.70. The van der Waals surface area contributed by atoms with Crippen molar-refractivity contribution in [2.24, 2.45) is 0 Å². The van der Waals surface area contributed by atoms with Crippen LogP contribution in [0.1, 0.15) is 39.0 Å². The van der Waals surface area contributed by atoms with Gasteiger partial charge in [0.1, 0.15) is 0 Å². The summed E-state index contributed by atoms with van der Waals surface area (Å²) in [6.45, 7) is 3.07. The van der Waals surface area contributed by atoms with E-state index < -0.39 is 0 Å². The molecule has 1 rings (SSSR count). The number of unbranched alkanes of at least 4 members (excludes halogenated alkanes) is 3. The van der Waals surface area contributed by atoms with Crippen LogP contribution in [0.25, 0.3) is 0 Å². The van der Waals surface area contributed by atoms with Crippen LogP contribution in [-0.2, 0) is 9.47 Å². The summed E-state index contributed by atoms with van der Waals surface area (Å²) in [6, 6.07) is 0. The number of hydrogen-bond donors (Lipinski definition) is 0. The van der Waals surface area contributed by atoms with Gasteiger partial charge in [-0.15, -0.1) is 11.6 Å². The molecular weight excluding hydrogens is 200 g/mol. The van der Waals surface area contributed by atoms with Gasteiger partial charge in [0.05, 0.1) is 17.6 Å². The number of alkyl halides is 1. The van der Waals surface area contributed by atoms with Gasteiger partial charge in [-0.1, -0.05) is 26.2 Å². The van der Waals surface area contributed by atoms with Gasteiger partial charge in [0.15, 0.2) is 0 Å². The molecule has 1 aliphatic rings. The molecule has 0 heterocycles. The molecule has 0 bridgehead atoms. The molecule has 0 aromatic rings. The molecule has 3 atom stereocenters. The highest BCUT2D eigenvalue weighted by Gasteiger charge is 2.40. The van der Waals surface area contributed by atoms with Crippen LogP contribution in [-0.4, -0.2) is 31.3 Å². The Kier molecular flexibility index (Phi) is 5.83. The molecule has 1 fully saturated rings. The van der Waals surface area contributed by atoms with Crippen molar-refractivity contribution in [3.05, 3.63) is 0 Å². The average Bonchev–Trinajstić information content (AvgIpc) is 2.16. The lowest BCUT2D eigenvalue weighted by Crippen LogP contribution is -2.50. The Morgan fingerprint density at radius 3 is 2.64 bits per heavy atom. The van der Waals surface area contributed by atoms with E-state index in [1.807, 2.05) is 0 Å². The summed E-state index contributed by atoms with van der Waals surface area (Å²) in [5.74, 6) is 0. The van der Waals surface area contributed by atoms with Crippen LogP contribution in [0.4, 0.5) is 0 Å². The lowest BCUT2D eigenvalue weighted by atomic mass is 9.91. The first-order valence-electron chi connectivity index (χ1n) is 5.58. The second kappa shape index (κ2) is 6.65. The monoisotopic (exact) mass is 220 g/mol. The first-order valence-corrected chi connectivity index (χ1v) is 6.01. The number of methoxy groups -OCH3 is 1. The number of halogens is 1. The third kappa shape index (κ3) is 3.41. The van der Waals surface area contributed by atoms with E-state index in [1.54, 1.807) is 7.11 Å². The van der Waals surface area contributed by atoms with Crippen LogP contribution in [0.15, 0.2) is 0 Å². The van der Waals surface area contributed by atoms with Crippen LogP contribution >= 0.6 is 11.6 Å². The lowest BCUT2D eigenvalue weighted by Gasteiger charge is -2.39. The van der Waals surface area contributed by atoms with E-state index >= 15 is 0 Å². The Hall–Kier alpha value is 0.210. The Labute approximate surface area is 91.9 Å². The molecule has 0 N–H and O–H groups in total. The Morgan fingerprint density at radius 2 is 2.07 bits per heavy atom. The van der Waals surface area contributed by atoms with Crippen LogP contribution in [0, 0.1) is 0 Å². The summed E-state index contributed by atoms with van der Waals surface area (Å²) >= 11 is 5.97. The van der Waals surface area contributed by atoms with E-state index in [4.69, 9.17) is 21.1 Å². The fourth-order valence-electron chi connectivity index (χ4n) is 1.75. The molecule has 0 saturated heterocycles. The van der Waals surface area contributed by atoms with Gasteiger partial charge in [0, 0.05) is 13.7 Å². The van der Waals surface area contributed by atoms with Crippen molar-refractivity contribution < 1.29 is 9.47 Å². The van der Waals surface area contributed by atoms with Gasteiger partial charge in [-0.3, -0.25) is 0 Å². The molecule has 1 aliphatic carbocycles. The third-order valence-corrected chi connectivity index (χ3v) is 3.21. The zero-order chi connectivity index (χ0) is 10.4. The van der Waals surface area contributed by atoms with Crippen molar-refractivity contribution in [1.29, 1.82) is 0 Å². The minimum Gasteiger partial charge on any atom is -0.377 e. The molecule has 0 radical (unpaired) electrons. The fraction of sp³-hybridized carbons (Fsp3) is 1.00. The maximum absolute atomic E-state index is 5.97. The van der Waals surface area contributed by atoms with Crippen molar-refractivity contribution >= 4 is 11.6 Å². The lowest BCUT2D eigenvalue weighted by molar-refractivity contribution is -0.110. The summed E-state index contributed by atoms with van der Waals surface area (Å²) in [5.41, 5.74) is 0. The fourth-order valence-corrected chi connectivity index (χ4v) is 2.19. The minimum absolute atomic E-state index is 0.114. The van der Waals surface area contributed by atoms with Crippen molar-refractivity contribution in [2.75, 3.05) is 13.7 Å². The van der Waals surface area contributed by atoms with Crippen LogP contribution in [0.3, 0.4) is 0 Å². The SMILES string of the molecule is CCCCCCOC1CC(Cl)C1OC. The quantitative estimate of drug-likeness (QED) is 0.485.